The van der Waals surface area contributed by atoms with Gasteiger partial charge in [0.1, 0.15) is 11.2 Å². The third-order valence-corrected chi connectivity index (χ3v) is 11.1. The van der Waals surface area contributed by atoms with Crippen molar-refractivity contribution in [3.63, 3.8) is 0 Å². The van der Waals surface area contributed by atoms with Gasteiger partial charge in [-0.2, -0.15) is 0 Å². The maximum absolute atomic E-state index is 6.40. The Morgan fingerprint density at radius 3 is 2.09 bits per heavy atom. The molecular formula is C40H35N3O. The van der Waals surface area contributed by atoms with Crippen LogP contribution in [0.2, 0.25) is 0 Å². The molecule has 1 aliphatic carbocycles. The van der Waals surface area contributed by atoms with Crippen LogP contribution in [0.4, 0.5) is 0 Å². The van der Waals surface area contributed by atoms with Gasteiger partial charge in [0.05, 0.1) is 16.9 Å². The number of hydrogen-bond acceptors (Lipinski definition) is 4. The molecule has 0 unspecified atom stereocenters. The molecule has 0 aliphatic heterocycles. The van der Waals surface area contributed by atoms with Crippen molar-refractivity contribution in [2.75, 3.05) is 0 Å². The summed E-state index contributed by atoms with van der Waals surface area (Å²) in [6, 6.07) is 33.7. The van der Waals surface area contributed by atoms with Gasteiger partial charge in [0.2, 0.25) is 0 Å². The highest BCUT2D eigenvalue weighted by molar-refractivity contribution is 6.11. The Morgan fingerprint density at radius 2 is 1.30 bits per heavy atom. The third kappa shape index (κ3) is 3.60. The number of nitrogens with zero attached hydrogens (tertiary/aromatic N) is 3. The molecular weight excluding hydrogens is 538 g/mol. The molecule has 0 fully saturated rings. The highest BCUT2D eigenvalue weighted by Crippen LogP contribution is 2.61. The zero-order valence-electron chi connectivity index (χ0n) is 26.1. The predicted molar refractivity (Wildman–Crippen MR) is 181 cm³/mol. The third-order valence-electron chi connectivity index (χ3n) is 11.1. The van der Waals surface area contributed by atoms with Gasteiger partial charge in [-0.15, -0.1) is 0 Å². The molecule has 0 spiro atoms. The Bertz CT molecular complexity index is 2250. The molecule has 3 aromatic heterocycles. The van der Waals surface area contributed by atoms with E-state index in [1.54, 1.807) is 0 Å². The van der Waals surface area contributed by atoms with Crippen LogP contribution >= 0.6 is 0 Å². The minimum atomic E-state index is 0.0415. The Morgan fingerprint density at radius 1 is 0.591 bits per heavy atom. The molecule has 4 aromatic carbocycles. The molecule has 4 nitrogen and oxygen atoms in total. The summed E-state index contributed by atoms with van der Waals surface area (Å²) in [6.07, 6.45) is 1.90. The molecule has 0 saturated carbocycles. The predicted octanol–water partition coefficient (Wildman–Crippen LogP) is 10.5. The van der Waals surface area contributed by atoms with Crippen molar-refractivity contribution in [3.05, 3.63) is 114 Å². The van der Waals surface area contributed by atoms with Gasteiger partial charge in [-0.1, -0.05) is 102 Å². The molecule has 7 aromatic rings. The number of pyridine rings is 1. The molecule has 4 heteroatoms. The fraction of sp³-hybridized carbons (Fsp3) is 0.225. The van der Waals surface area contributed by atoms with Crippen molar-refractivity contribution in [1.82, 2.24) is 15.0 Å². The summed E-state index contributed by atoms with van der Waals surface area (Å²) in [4.78, 5) is 15.1. The topological polar surface area (TPSA) is 51.8 Å². The van der Waals surface area contributed by atoms with Crippen LogP contribution in [0.5, 0.6) is 0 Å². The average Bonchev–Trinajstić information content (AvgIpc) is 3.47. The van der Waals surface area contributed by atoms with E-state index >= 15 is 0 Å². The molecule has 0 radical (unpaired) electrons. The SMILES string of the molecule is CC1(C)c2ccc(-c3ccc(-c4nc(-c5cccc6c5oc5ccccc56)c5ccccc5n4)cn3)cc2C(C)(C)C1(C)C. The first-order valence-electron chi connectivity index (χ1n) is 15.4. The first kappa shape index (κ1) is 26.8. The second kappa shape index (κ2) is 9.09. The minimum Gasteiger partial charge on any atom is -0.455 e. The Kier molecular flexibility index (Phi) is 5.53. The van der Waals surface area contributed by atoms with Crippen LogP contribution in [0, 0.1) is 5.41 Å². The Balaban J connectivity index is 1.23. The van der Waals surface area contributed by atoms with Crippen LogP contribution in [-0.4, -0.2) is 15.0 Å². The molecule has 0 saturated heterocycles. The molecule has 44 heavy (non-hydrogen) atoms. The van der Waals surface area contributed by atoms with Crippen molar-refractivity contribution >= 4 is 32.8 Å². The first-order valence-corrected chi connectivity index (χ1v) is 15.4. The lowest BCUT2D eigenvalue weighted by molar-refractivity contribution is 0.125. The van der Waals surface area contributed by atoms with Crippen LogP contribution in [0.25, 0.3) is 66.7 Å². The zero-order chi connectivity index (χ0) is 30.4. The van der Waals surface area contributed by atoms with E-state index in [-0.39, 0.29) is 16.2 Å². The van der Waals surface area contributed by atoms with Crippen LogP contribution in [0.15, 0.2) is 108 Å². The lowest BCUT2D eigenvalue weighted by Gasteiger charge is -2.44. The normalized spacial score (nSPS) is 16.5. The van der Waals surface area contributed by atoms with E-state index in [9.17, 15) is 0 Å². The fourth-order valence-corrected chi connectivity index (χ4v) is 7.26. The van der Waals surface area contributed by atoms with E-state index < -0.39 is 0 Å². The number of rotatable bonds is 3. The number of aromatic nitrogens is 3. The van der Waals surface area contributed by atoms with Crippen LogP contribution in [-0.2, 0) is 10.8 Å². The maximum Gasteiger partial charge on any atom is 0.161 e. The van der Waals surface area contributed by atoms with Gasteiger partial charge >= 0.3 is 0 Å². The van der Waals surface area contributed by atoms with Crippen LogP contribution < -0.4 is 0 Å². The molecule has 0 amide bonds. The second-order valence-electron chi connectivity index (χ2n) is 13.8. The second-order valence-corrected chi connectivity index (χ2v) is 13.8. The molecule has 0 N–H and O–H groups in total. The quantitative estimate of drug-likeness (QED) is 0.211. The van der Waals surface area contributed by atoms with Gasteiger partial charge in [0, 0.05) is 39.0 Å². The first-order chi connectivity index (χ1) is 21.1. The standard InChI is InChI=1S/C40H35N3O/c1-38(2)30-20-18-24(22-31(30)39(3,4)40(38,5)6)32-21-19-25(23-41-32)37-42-33-16-9-7-13-28(33)35(43-37)29-15-11-14-27-26-12-8-10-17-34(26)44-36(27)29/h7-23H,1-6H3. The van der Waals surface area contributed by atoms with E-state index in [1.165, 1.54) is 11.1 Å². The van der Waals surface area contributed by atoms with Gasteiger partial charge < -0.3 is 4.42 Å². The molecule has 216 valence electrons. The zero-order valence-corrected chi connectivity index (χ0v) is 26.1. The van der Waals surface area contributed by atoms with E-state index in [1.807, 2.05) is 42.6 Å². The molecule has 8 rings (SSSR count). The Hall–Kier alpha value is -4.83. The largest absolute Gasteiger partial charge is 0.455 e. The average molecular weight is 574 g/mol. The highest BCUT2D eigenvalue weighted by atomic mass is 16.3. The summed E-state index contributed by atoms with van der Waals surface area (Å²) in [5, 5.41) is 3.17. The van der Waals surface area contributed by atoms with Crippen LogP contribution in [0.1, 0.15) is 52.7 Å². The smallest absolute Gasteiger partial charge is 0.161 e. The van der Waals surface area contributed by atoms with Crippen molar-refractivity contribution in [2.24, 2.45) is 5.41 Å². The lowest BCUT2D eigenvalue weighted by Crippen LogP contribution is -2.42. The van der Waals surface area contributed by atoms with Crippen molar-refractivity contribution < 1.29 is 4.42 Å². The molecule has 0 atom stereocenters. The summed E-state index contributed by atoms with van der Waals surface area (Å²) in [6.45, 7) is 14.3. The number of benzene rings is 4. The van der Waals surface area contributed by atoms with Gasteiger partial charge in [0.25, 0.3) is 0 Å². The molecule has 3 heterocycles. The molecule has 1 aliphatic rings. The summed E-state index contributed by atoms with van der Waals surface area (Å²) in [7, 11) is 0. The van der Waals surface area contributed by atoms with Crippen molar-refractivity contribution in [2.45, 2.75) is 52.4 Å². The van der Waals surface area contributed by atoms with Gasteiger partial charge in [-0.3, -0.25) is 4.98 Å². The van der Waals surface area contributed by atoms with Crippen LogP contribution in [0.3, 0.4) is 0 Å². The monoisotopic (exact) mass is 573 g/mol. The van der Waals surface area contributed by atoms with E-state index in [0.717, 1.165) is 60.9 Å². The maximum atomic E-state index is 6.40. The van der Waals surface area contributed by atoms with Gasteiger partial charge in [-0.05, 0) is 63.8 Å². The number of hydrogen-bond donors (Lipinski definition) is 0. The highest BCUT2D eigenvalue weighted by Gasteiger charge is 2.56. The van der Waals surface area contributed by atoms with E-state index in [0.29, 0.717) is 5.82 Å². The van der Waals surface area contributed by atoms with E-state index in [4.69, 9.17) is 19.4 Å². The Labute approximate surface area is 257 Å². The number of furan rings is 1. The lowest BCUT2D eigenvalue weighted by atomic mass is 9.59. The van der Waals surface area contributed by atoms with Crippen molar-refractivity contribution in [3.8, 4) is 33.9 Å². The fourth-order valence-electron chi connectivity index (χ4n) is 7.26. The summed E-state index contributed by atoms with van der Waals surface area (Å²) in [5.74, 6) is 0.643. The minimum absolute atomic E-state index is 0.0415. The summed E-state index contributed by atoms with van der Waals surface area (Å²) in [5.41, 5.74) is 10.4. The number of para-hydroxylation sites is 3. The molecule has 0 bridgehead atoms. The summed E-state index contributed by atoms with van der Waals surface area (Å²) >= 11 is 0. The summed E-state index contributed by atoms with van der Waals surface area (Å²) < 4.78 is 6.40. The number of fused-ring (bicyclic) bond motifs is 5. The van der Waals surface area contributed by atoms with E-state index in [2.05, 4.69) is 102 Å². The van der Waals surface area contributed by atoms with Gasteiger partial charge in [-0.25, -0.2) is 9.97 Å². The van der Waals surface area contributed by atoms with Gasteiger partial charge in [0.15, 0.2) is 5.82 Å². The van der Waals surface area contributed by atoms with Crippen molar-refractivity contribution in [1.29, 1.82) is 0 Å².